The van der Waals surface area contributed by atoms with Gasteiger partial charge in [0.25, 0.3) is 0 Å². The molecule has 0 amide bonds. The first kappa shape index (κ1) is 72.0. The Kier molecular flexibility index (Phi) is 25.4. The fourth-order valence-electron chi connectivity index (χ4n) is 15.4. The van der Waals surface area contributed by atoms with Gasteiger partial charge in [0, 0.05) is 41.4 Å². The number of hydrogen-bond acceptors (Lipinski definition) is 21. The van der Waals surface area contributed by atoms with Gasteiger partial charge in [0.05, 0.1) is 106 Å². The van der Waals surface area contributed by atoms with Crippen LogP contribution < -0.4 is 0 Å². The molecule has 21 heteroatoms. The van der Waals surface area contributed by atoms with Gasteiger partial charge in [0.15, 0.2) is 44.0 Å². The van der Waals surface area contributed by atoms with Crippen LogP contribution in [0.25, 0.3) is 0 Å². The van der Waals surface area contributed by atoms with Crippen LogP contribution in [0.15, 0.2) is 0 Å². The zero-order valence-corrected chi connectivity index (χ0v) is 56.1. The number of ether oxygens (including phenoxy) is 15. The summed E-state index contributed by atoms with van der Waals surface area (Å²) in [4.78, 5) is 0. The average molecular weight is 1250 g/mol. The normalized spacial score (nSPS) is 54.6. The van der Waals surface area contributed by atoms with Gasteiger partial charge in [-0.2, -0.15) is 0 Å². The Labute approximate surface area is 520 Å². The van der Waals surface area contributed by atoms with Gasteiger partial charge in [-0.15, -0.1) is 0 Å². The highest BCUT2D eigenvalue weighted by Crippen LogP contribution is 2.47. The third kappa shape index (κ3) is 14.8. The van der Waals surface area contributed by atoms with Crippen LogP contribution in [0.5, 0.6) is 0 Å². The summed E-state index contributed by atoms with van der Waals surface area (Å²) in [7, 11) is 0. The van der Waals surface area contributed by atoms with Gasteiger partial charge in [-0.25, -0.2) is 0 Å². The molecule has 508 valence electrons. The van der Waals surface area contributed by atoms with Crippen molar-refractivity contribution < 1.29 is 102 Å². The molecule has 0 aromatic heterocycles. The Morgan fingerprint density at radius 3 is 0.828 bits per heavy atom. The van der Waals surface area contributed by atoms with Crippen LogP contribution in [-0.2, 0) is 71.1 Å². The predicted molar refractivity (Wildman–Crippen MR) is 319 cm³/mol. The summed E-state index contributed by atoms with van der Waals surface area (Å²) >= 11 is 0. The Morgan fingerprint density at radius 2 is 0.483 bits per heavy atom. The van der Waals surface area contributed by atoms with Crippen molar-refractivity contribution in [3.8, 4) is 0 Å². The minimum atomic E-state index is -1.07. The number of hydrogen-bond donors (Lipinski definition) is 6. The Morgan fingerprint density at radius 1 is 0.230 bits per heavy atom. The van der Waals surface area contributed by atoms with Gasteiger partial charge >= 0.3 is 0 Å². The molecule has 0 bridgehead atoms. The maximum absolute atomic E-state index is 12.0. The van der Waals surface area contributed by atoms with Crippen molar-refractivity contribution >= 4 is 0 Å². The molecule has 6 N–H and O–H groups in total. The molecule has 8 rings (SSSR count). The van der Waals surface area contributed by atoms with Crippen LogP contribution in [0.2, 0.25) is 0 Å². The van der Waals surface area contributed by atoms with Crippen LogP contribution in [-0.4, -0.2) is 211 Å². The molecule has 0 spiro atoms. The largest absolute Gasteiger partial charge is 0.394 e. The summed E-state index contributed by atoms with van der Waals surface area (Å²) in [5, 5.41) is 65.3. The Bertz CT molecular complexity index is 2070. The van der Waals surface area contributed by atoms with Crippen molar-refractivity contribution in [1.82, 2.24) is 0 Å². The second kappa shape index (κ2) is 30.7. The molecule has 8 heterocycles. The van der Waals surface area contributed by atoms with Gasteiger partial charge < -0.3 is 102 Å². The van der Waals surface area contributed by atoms with Crippen molar-refractivity contribution in [2.75, 3.05) is 33.0 Å². The molecule has 8 aliphatic rings. The van der Waals surface area contributed by atoms with Crippen molar-refractivity contribution in [3.63, 3.8) is 0 Å². The number of aliphatic hydroxyl groups is 6. The minimum Gasteiger partial charge on any atom is -0.394 e. The molecule has 87 heavy (non-hydrogen) atoms. The lowest BCUT2D eigenvalue weighted by Gasteiger charge is -2.52. The molecular formula is C66H118O21. The van der Waals surface area contributed by atoms with E-state index >= 15 is 0 Å². The van der Waals surface area contributed by atoms with E-state index in [-0.39, 0.29) is 140 Å². The molecule has 0 radical (unpaired) electrons. The Hall–Kier alpha value is -0.840. The van der Waals surface area contributed by atoms with Crippen LogP contribution in [0.4, 0.5) is 0 Å². The molecule has 0 saturated carbocycles. The second-order valence-electron chi connectivity index (χ2n) is 28.8. The highest BCUT2D eigenvalue weighted by molar-refractivity contribution is 4.98. The lowest BCUT2D eigenvalue weighted by Crippen LogP contribution is -2.62. The first-order chi connectivity index (χ1) is 41.2. The summed E-state index contributed by atoms with van der Waals surface area (Å²) in [6.07, 6.45) is -12.9. The summed E-state index contributed by atoms with van der Waals surface area (Å²) in [5.41, 5.74) is 0. The van der Waals surface area contributed by atoms with Crippen LogP contribution in [0.1, 0.15) is 145 Å². The smallest absolute Gasteiger partial charge is 0.163 e. The quantitative estimate of drug-likeness (QED) is 0.0761. The highest BCUT2D eigenvalue weighted by atomic mass is 16.8. The summed E-state index contributed by atoms with van der Waals surface area (Å²) < 4.78 is 99.4. The standard InChI is InChI=1S/C66H118O21/c1-21-46-55(30(5)28(3)43(18)73-46)83-60-37(12)31(6)54(45(20)74-60)82-66-42(17)52(72)59(51(26-71)80-66)87-61-38(13)32(7)53(44(19)75-61)81-63-39(14)33(8)57(48(23-68)77-63)85-65-41(16)35(10)58(50(25-70)79-65)86-64-40(15)34(9)56(49(24-69)78-64)84-62-36(11)27(2)29(4)47(22-67)76-62/h27-72H,21-26H2,1-20H3/t27-,28?,29-,30+,31?,32+,33+,34+,35+,36?,37?,38?,39?,40?,41?,42?,43+,44?,45-,46?,47?,48?,49?,50?,51-,52?,53-,54-,55-,56-,57-,58-,59+,60+,61-,62+,63+,64+,65+,66+/m0/s1. The van der Waals surface area contributed by atoms with E-state index in [1.807, 2.05) is 55.4 Å². The molecule has 0 aromatic rings. The molecule has 16 unspecified atom stereocenters. The van der Waals surface area contributed by atoms with E-state index in [1.165, 1.54) is 0 Å². The maximum atomic E-state index is 12.0. The molecule has 21 nitrogen and oxygen atoms in total. The maximum Gasteiger partial charge on any atom is 0.163 e. The average Bonchev–Trinajstić information content (AvgIpc) is 1.94. The van der Waals surface area contributed by atoms with Gasteiger partial charge in [-0.05, 0) is 80.5 Å². The molecule has 0 aliphatic carbocycles. The van der Waals surface area contributed by atoms with Gasteiger partial charge in [-0.3, -0.25) is 0 Å². The second-order valence-corrected chi connectivity index (χ2v) is 28.8. The number of aliphatic hydroxyl groups excluding tert-OH is 6. The topological polar surface area (TPSA) is 260 Å². The van der Waals surface area contributed by atoms with Crippen molar-refractivity contribution in [3.05, 3.63) is 0 Å². The third-order valence-electron chi connectivity index (χ3n) is 23.7. The lowest BCUT2D eigenvalue weighted by atomic mass is 9.78. The van der Waals surface area contributed by atoms with Gasteiger partial charge in [0.1, 0.15) is 30.5 Å². The van der Waals surface area contributed by atoms with Crippen LogP contribution >= 0.6 is 0 Å². The van der Waals surface area contributed by atoms with Crippen molar-refractivity contribution in [2.24, 2.45) is 94.7 Å². The summed E-state index contributed by atoms with van der Waals surface area (Å²) in [5.74, 6) is -0.929. The van der Waals surface area contributed by atoms with Crippen LogP contribution in [0.3, 0.4) is 0 Å². The van der Waals surface area contributed by atoms with Gasteiger partial charge in [0.2, 0.25) is 0 Å². The predicted octanol–water partition coefficient (Wildman–Crippen LogP) is 6.49. The molecular weight excluding hydrogens is 1130 g/mol. The summed E-state index contributed by atoms with van der Waals surface area (Å²) in [6.45, 7) is 39.9. The summed E-state index contributed by atoms with van der Waals surface area (Å²) in [6, 6.07) is 0. The monoisotopic (exact) mass is 1250 g/mol. The third-order valence-corrected chi connectivity index (χ3v) is 23.7. The van der Waals surface area contributed by atoms with Crippen molar-refractivity contribution in [1.29, 1.82) is 0 Å². The first-order valence-electron chi connectivity index (χ1n) is 33.7. The molecule has 0 aromatic carbocycles. The Balaban J connectivity index is 0.834. The van der Waals surface area contributed by atoms with E-state index in [0.29, 0.717) is 11.8 Å². The van der Waals surface area contributed by atoms with E-state index < -0.39 is 124 Å². The molecule has 8 aliphatic heterocycles. The molecule has 40 atom stereocenters. The van der Waals surface area contributed by atoms with E-state index in [1.54, 1.807) is 0 Å². The molecule has 8 saturated heterocycles. The zero-order chi connectivity index (χ0) is 63.9. The van der Waals surface area contributed by atoms with Crippen LogP contribution in [0, 0.1) is 94.7 Å². The van der Waals surface area contributed by atoms with E-state index in [4.69, 9.17) is 71.1 Å². The lowest BCUT2D eigenvalue weighted by molar-refractivity contribution is -0.374. The number of rotatable bonds is 20. The van der Waals surface area contributed by atoms with Gasteiger partial charge in [-0.1, -0.05) is 118 Å². The van der Waals surface area contributed by atoms with Crippen molar-refractivity contribution in [2.45, 2.75) is 293 Å². The van der Waals surface area contributed by atoms with E-state index in [2.05, 4.69) is 83.1 Å². The van der Waals surface area contributed by atoms with E-state index in [0.717, 1.165) is 6.42 Å². The SMILES string of the molecule is CCC1O[C@H](C)C(C)[C@@H](C)[C@@H]1O[C@H]1O[C@@H](C)[C@@H](O[C@H]2O[C@@H](CO)[C@@H](O[C@@H]3OC(C)[C@@H](O[C@H]4OC(CO)[C@@H](O[C@H]5OC(CO)[C@@H](O[C@H]6OC(CO)[C@@H](O[C@H]7OC(CO)[C@@H](C)[C@H](C)C7C)[C@H](C)C6C)[C@H](C)C5C)[C@H](C)C4C)[C@H](C)C3C)C(O)C2C)C(C)C1C. The molecule has 8 fully saturated rings. The highest BCUT2D eigenvalue weighted by Gasteiger charge is 2.56. The first-order valence-corrected chi connectivity index (χ1v) is 33.7. The fourth-order valence-corrected chi connectivity index (χ4v) is 15.4. The minimum absolute atomic E-state index is 0.00831. The zero-order valence-electron chi connectivity index (χ0n) is 56.1. The van der Waals surface area contributed by atoms with E-state index in [9.17, 15) is 30.6 Å². The fraction of sp³-hybridized carbons (Fsp3) is 1.00.